The number of hydrogen-bond acceptors (Lipinski definition) is 3. The van der Waals surface area contributed by atoms with E-state index in [2.05, 4.69) is 17.6 Å². The molecule has 0 aliphatic rings. The summed E-state index contributed by atoms with van der Waals surface area (Å²) in [6.07, 6.45) is 0. The number of amides is 1. The van der Waals surface area contributed by atoms with E-state index in [9.17, 15) is 4.79 Å². The first-order chi connectivity index (χ1) is 8.17. The van der Waals surface area contributed by atoms with Crippen LogP contribution in [0.3, 0.4) is 0 Å². The second kappa shape index (κ2) is 6.91. The van der Waals surface area contributed by atoms with Gasteiger partial charge >= 0.3 is 0 Å². The maximum atomic E-state index is 11.8. The van der Waals surface area contributed by atoms with Gasteiger partial charge in [0, 0.05) is 12.1 Å². The molecule has 17 heavy (non-hydrogen) atoms. The third-order valence-corrected chi connectivity index (χ3v) is 2.50. The second-order valence-corrected chi connectivity index (χ2v) is 4.10. The maximum Gasteiger partial charge on any atom is 0.251 e. The van der Waals surface area contributed by atoms with E-state index >= 15 is 0 Å². The van der Waals surface area contributed by atoms with Gasteiger partial charge in [-0.2, -0.15) is 0 Å². The molecule has 1 unspecified atom stereocenters. The Morgan fingerprint density at radius 1 is 1.41 bits per heavy atom. The number of nitrogens with one attached hydrogen (secondary N) is 2. The normalized spacial score (nSPS) is 11.9. The number of methoxy groups -OCH3 is 1. The zero-order valence-corrected chi connectivity index (χ0v) is 10.6. The average molecular weight is 236 g/mol. The zero-order chi connectivity index (χ0) is 12.7. The van der Waals surface area contributed by atoms with E-state index in [1.165, 1.54) is 0 Å². The fourth-order valence-electron chi connectivity index (χ4n) is 1.55. The Bertz CT molecular complexity index is 366. The fraction of sp³-hybridized carbons (Fsp3) is 0.462. The van der Waals surface area contributed by atoms with E-state index in [1.807, 2.05) is 19.2 Å². The van der Waals surface area contributed by atoms with Crippen molar-refractivity contribution in [2.75, 3.05) is 27.2 Å². The Morgan fingerprint density at radius 3 is 2.82 bits per heavy atom. The summed E-state index contributed by atoms with van der Waals surface area (Å²) >= 11 is 0. The molecule has 0 aliphatic heterocycles. The number of ether oxygens (including phenoxy) is 1. The second-order valence-electron chi connectivity index (χ2n) is 4.10. The van der Waals surface area contributed by atoms with Crippen molar-refractivity contribution >= 4 is 5.91 Å². The monoisotopic (exact) mass is 236 g/mol. The van der Waals surface area contributed by atoms with Crippen LogP contribution in [0.2, 0.25) is 0 Å². The molecule has 4 nitrogen and oxygen atoms in total. The van der Waals surface area contributed by atoms with Crippen molar-refractivity contribution in [1.82, 2.24) is 10.6 Å². The Morgan fingerprint density at radius 2 is 2.18 bits per heavy atom. The van der Waals surface area contributed by atoms with E-state index in [1.54, 1.807) is 19.2 Å². The van der Waals surface area contributed by atoms with Gasteiger partial charge in [-0.05, 0) is 37.7 Å². The van der Waals surface area contributed by atoms with Crippen LogP contribution in [-0.4, -0.2) is 33.2 Å². The highest BCUT2D eigenvalue weighted by Gasteiger charge is 2.08. The third-order valence-electron chi connectivity index (χ3n) is 2.50. The first-order valence-electron chi connectivity index (χ1n) is 5.74. The Kier molecular flexibility index (Phi) is 5.49. The molecule has 1 aromatic carbocycles. The molecular weight excluding hydrogens is 216 g/mol. The molecule has 0 radical (unpaired) electrons. The summed E-state index contributed by atoms with van der Waals surface area (Å²) in [7, 11) is 3.49. The van der Waals surface area contributed by atoms with Crippen LogP contribution in [0.15, 0.2) is 24.3 Å². The maximum absolute atomic E-state index is 11.8. The summed E-state index contributed by atoms with van der Waals surface area (Å²) in [6.45, 7) is 3.64. The molecule has 0 saturated carbocycles. The van der Waals surface area contributed by atoms with Gasteiger partial charge in [0.2, 0.25) is 0 Å². The van der Waals surface area contributed by atoms with Crippen LogP contribution < -0.4 is 15.4 Å². The molecule has 0 aromatic heterocycles. The molecule has 0 heterocycles. The van der Waals surface area contributed by atoms with Crippen LogP contribution in [0.4, 0.5) is 0 Å². The van der Waals surface area contributed by atoms with Crippen molar-refractivity contribution in [3.05, 3.63) is 29.8 Å². The molecule has 0 bridgehead atoms. The first-order valence-corrected chi connectivity index (χ1v) is 5.74. The quantitative estimate of drug-likeness (QED) is 0.782. The summed E-state index contributed by atoms with van der Waals surface area (Å²) in [5.41, 5.74) is 0.626. The van der Waals surface area contributed by atoms with Gasteiger partial charge in [0.05, 0.1) is 7.11 Å². The van der Waals surface area contributed by atoms with Crippen molar-refractivity contribution in [3.63, 3.8) is 0 Å². The van der Waals surface area contributed by atoms with Crippen molar-refractivity contribution in [1.29, 1.82) is 0 Å². The van der Waals surface area contributed by atoms with Crippen molar-refractivity contribution in [3.8, 4) is 5.75 Å². The molecule has 1 atom stereocenters. The van der Waals surface area contributed by atoms with Gasteiger partial charge in [-0.25, -0.2) is 0 Å². The molecule has 0 spiro atoms. The average Bonchev–Trinajstić information content (AvgIpc) is 2.36. The smallest absolute Gasteiger partial charge is 0.251 e. The lowest BCUT2D eigenvalue weighted by Gasteiger charge is -2.12. The standard InChI is InChI=1S/C13H20N2O2/c1-10(8-14-2)9-15-13(16)11-5-4-6-12(7-11)17-3/h4-7,10,14H,8-9H2,1-3H3,(H,15,16). The third kappa shape index (κ3) is 4.44. The van der Waals surface area contributed by atoms with Gasteiger partial charge in [0.25, 0.3) is 5.91 Å². The van der Waals surface area contributed by atoms with Gasteiger partial charge in [-0.3, -0.25) is 4.79 Å². The van der Waals surface area contributed by atoms with Crippen LogP contribution in [0, 0.1) is 5.92 Å². The molecule has 2 N–H and O–H groups in total. The fourth-order valence-corrected chi connectivity index (χ4v) is 1.55. The number of carbonyl (C=O) groups excluding carboxylic acids is 1. The lowest BCUT2D eigenvalue weighted by Crippen LogP contribution is -2.32. The van der Waals surface area contributed by atoms with Gasteiger partial charge < -0.3 is 15.4 Å². The summed E-state index contributed by atoms with van der Waals surface area (Å²) in [5.74, 6) is 1.04. The summed E-state index contributed by atoms with van der Waals surface area (Å²) in [4.78, 5) is 11.8. The molecule has 0 aliphatic carbocycles. The molecule has 4 heteroatoms. The highest BCUT2D eigenvalue weighted by molar-refractivity contribution is 5.94. The van der Waals surface area contributed by atoms with Gasteiger partial charge in [0.1, 0.15) is 5.75 Å². The minimum absolute atomic E-state index is 0.0631. The van der Waals surface area contributed by atoms with Crippen LogP contribution in [0.1, 0.15) is 17.3 Å². The lowest BCUT2D eigenvalue weighted by atomic mass is 10.1. The Labute approximate surface area is 102 Å². The van der Waals surface area contributed by atoms with Gasteiger partial charge in [-0.15, -0.1) is 0 Å². The van der Waals surface area contributed by atoms with Crippen molar-refractivity contribution in [2.24, 2.45) is 5.92 Å². The van der Waals surface area contributed by atoms with Crippen molar-refractivity contribution < 1.29 is 9.53 Å². The van der Waals surface area contributed by atoms with E-state index in [4.69, 9.17) is 4.74 Å². The molecule has 1 amide bonds. The zero-order valence-electron chi connectivity index (χ0n) is 10.6. The van der Waals surface area contributed by atoms with Crippen LogP contribution in [0.5, 0.6) is 5.75 Å². The molecular formula is C13H20N2O2. The predicted octanol–water partition coefficient (Wildman–Crippen LogP) is 1.28. The SMILES string of the molecule is CNCC(C)CNC(=O)c1cccc(OC)c1. The highest BCUT2D eigenvalue weighted by Crippen LogP contribution is 2.12. The van der Waals surface area contributed by atoms with E-state index < -0.39 is 0 Å². The molecule has 0 fully saturated rings. The predicted molar refractivity (Wildman–Crippen MR) is 68.4 cm³/mol. The molecule has 1 aromatic rings. The lowest BCUT2D eigenvalue weighted by molar-refractivity contribution is 0.0948. The van der Waals surface area contributed by atoms with Crippen LogP contribution >= 0.6 is 0 Å². The first kappa shape index (κ1) is 13.5. The Hall–Kier alpha value is -1.55. The van der Waals surface area contributed by atoms with Gasteiger partial charge in [0.15, 0.2) is 0 Å². The van der Waals surface area contributed by atoms with Gasteiger partial charge in [-0.1, -0.05) is 13.0 Å². The number of rotatable bonds is 6. The molecule has 94 valence electrons. The summed E-state index contributed by atoms with van der Waals surface area (Å²) in [5, 5.41) is 5.98. The minimum Gasteiger partial charge on any atom is -0.497 e. The molecule has 0 saturated heterocycles. The van der Waals surface area contributed by atoms with Crippen LogP contribution in [-0.2, 0) is 0 Å². The number of benzene rings is 1. The van der Waals surface area contributed by atoms with Crippen molar-refractivity contribution in [2.45, 2.75) is 6.92 Å². The number of hydrogen-bond donors (Lipinski definition) is 2. The van der Waals surface area contributed by atoms with E-state index in [0.29, 0.717) is 23.8 Å². The summed E-state index contributed by atoms with van der Waals surface area (Å²) in [6, 6.07) is 7.14. The Balaban J connectivity index is 2.51. The number of carbonyl (C=O) groups is 1. The topological polar surface area (TPSA) is 50.4 Å². The van der Waals surface area contributed by atoms with E-state index in [-0.39, 0.29) is 5.91 Å². The minimum atomic E-state index is -0.0631. The largest absolute Gasteiger partial charge is 0.497 e. The van der Waals surface area contributed by atoms with E-state index in [0.717, 1.165) is 6.54 Å². The summed E-state index contributed by atoms with van der Waals surface area (Å²) < 4.78 is 5.08. The highest BCUT2D eigenvalue weighted by atomic mass is 16.5. The van der Waals surface area contributed by atoms with Crippen LogP contribution in [0.25, 0.3) is 0 Å². The molecule has 1 rings (SSSR count).